The number of hydrogen-bond donors (Lipinski definition) is 1. The van der Waals surface area contributed by atoms with Gasteiger partial charge in [0.1, 0.15) is 5.82 Å². The van der Waals surface area contributed by atoms with Crippen LogP contribution in [0.3, 0.4) is 0 Å². The molecule has 1 N–H and O–H groups in total. The number of aromatic amines is 1. The highest BCUT2D eigenvalue weighted by Gasteiger charge is 2.08. The summed E-state index contributed by atoms with van der Waals surface area (Å²) >= 11 is 5.80. The maximum Gasteiger partial charge on any atom is 0.257 e. The van der Waals surface area contributed by atoms with Crippen molar-refractivity contribution in [1.82, 2.24) is 4.98 Å². The van der Waals surface area contributed by atoms with E-state index in [1.807, 2.05) is 0 Å². The van der Waals surface area contributed by atoms with Gasteiger partial charge in [-0.05, 0) is 25.1 Å². The first-order valence-corrected chi connectivity index (χ1v) is 4.45. The van der Waals surface area contributed by atoms with Gasteiger partial charge in [0.05, 0.1) is 10.4 Å². The van der Waals surface area contributed by atoms with Crippen LogP contribution in [0.4, 0.5) is 4.39 Å². The summed E-state index contributed by atoms with van der Waals surface area (Å²) in [6.45, 7) is 1.70. The zero-order valence-corrected chi connectivity index (χ0v) is 8.15. The molecule has 1 aromatic heterocycles. The summed E-state index contributed by atoms with van der Waals surface area (Å²) in [5, 5.41) is 0.735. The number of fused-ring (bicyclic) bond motifs is 1. The van der Waals surface area contributed by atoms with Crippen molar-refractivity contribution in [1.29, 1.82) is 0 Å². The molecule has 0 aliphatic heterocycles. The molecule has 14 heavy (non-hydrogen) atoms. The number of aryl methyl sites for hydroxylation is 1. The topological polar surface area (TPSA) is 32.9 Å². The highest BCUT2D eigenvalue weighted by atomic mass is 35.5. The average molecular weight is 212 g/mol. The minimum Gasteiger partial charge on any atom is -0.326 e. The van der Waals surface area contributed by atoms with Gasteiger partial charge in [0.2, 0.25) is 0 Å². The Bertz CT molecular complexity index is 562. The van der Waals surface area contributed by atoms with Crippen LogP contribution in [0.25, 0.3) is 10.8 Å². The van der Waals surface area contributed by atoms with E-state index >= 15 is 0 Å². The Hall–Kier alpha value is -1.35. The van der Waals surface area contributed by atoms with Crippen molar-refractivity contribution in [3.63, 3.8) is 0 Å². The molecule has 2 rings (SSSR count). The normalized spacial score (nSPS) is 10.8. The highest BCUT2D eigenvalue weighted by Crippen LogP contribution is 2.22. The molecule has 1 heterocycles. The number of nitrogens with one attached hydrogen (secondary N) is 1. The minimum absolute atomic E-state index is 0.206. The van der Waals surface area contributed by atoms with Crippen LogP contribution < -0.4 is 5.56 Å². The van der Waals surface area contributed by atoms with Crippen molar-refractivity contribution in [2.24, 2.45) is 0 Å². The lowest BCUT2D eigenvalue weighted by atomic mass is 10.1. The van der Waals surface area contributed by atoms with Crippen LogP contribution in [-0.2, 0) is 0 Å². The third-order valence-electron chi connectivity index (χ3n) is 2.04. The standard InChI is InChI=1S/C10H7ClFNO/c1-5-4-6-8(12)3-2-7(11)9(6)10(14)13-5/h2-4H,1H3,(H,13,14). The minimum atomic E-state index is -0.432. The lowest BCUT2D eigenvalue weighted by molar-refractivity contribution is 0.639. The van der Waals surface area contributed by atoms with Gasteiger partial charge in [0.15, 0.2) is 0 Å². The van der Waals surface area contributed by atoms with Gasteiger partial charge in [-0.15, -0.1) is 0 Å². The fourth-order valence-corrected chi connectivity index (χ4v) is 1.68. The Kier molecular flexibility index (Phi) is 2.04. The summed E-state index contributed by atoms with van der Waals surface area (Å²) < 4.78 is 13.3. The predicted octanol–water partition coefficient (Wildman–Crippen LogP) is 2.63. The van der Waals surface area contributed by atoms with Crippen LogP contribution in [-0.4, -0.2) is 4.98 Å². The summed E-state index contributed by atoms with van der Waals surface area (Å²) in [5.74, 6) is -0.432. The highest BCUT2D eigenvalue weighted by molar-refractivity contribution is 6.35. The summed E-state index contributed by atoms with van der Waals surface area (Å²) in [4.78, 5) is 14.0. The third-order valence-corrected chi connectivity index (χ3v) is 2.36. The van der Waals surface area contributed by atoms with E-state index in [-0.39, 0.29) is 21.4 Å². The fraction of sp³-hybridized carbons (Fsp3) is 0.100. The fourth-order valence-electron chi connectivity index (χ4n) is 1.43. The maximum absolute atomic E-state index is 13.3. The molecule has 0 aliphatic carbocycles. The number of rotatable bonds is 0. The Labute approximate surface area is 84.3 Å². The van der Waals surface area contributed by atoms with Crippen molar-refractivity contribution in [2.75, 3.05) is 0 Å². The summed E-state index contributed by atoms with van der Waals surface area (Å²) in [6.07, 6.45) is 0. The number of halogens is 2. The molecule has 0 radical (unpaired) electrons. The second-order valence-corrected chi connectivity index (χ2v) is 3.51. The number of benzene rings is 1. The predicted molar refractivity (Wildman–Crippen MR) is 54.3 cm³/mol. The zero-order valence-electron chi connectivity index (χ0n) is 7.40. The lowest BCUT2D eigenvalue weighted by Crippen LogP contribution is -2.08. The SMILES string of the molecule is Cc1cc2c(F)ccc(Cl)c2c(=O)[nH]1. The Morgan fingerprint density at radius 2 is 2.14 bits per heavy atom. The van der Waals surface area contributed by atoms with Crippen molar-refractivity contribution in [2.45, 2.75) is 6.92 Å². The van der Waals surface area contributed by atoms with Crippen LogP contribution in [0.15, 0.2) is 23.0 Å². The van der Waals surface area contributed by atoms with Gasteiger partial charge in [-0.3, -0.25) is 4.79 Å². The van der Waals surface area contributed by atoms with Gasteiger partial charge >= 0.3 is 0 Å². The smallest absolute Gasteiger partial charge is 0.257 e. The summed E-state index contributed by atoms with van der Waals surface area (Å²) in [7, 11) is 0. The van der Waals surface area contributed by atoms with Crippen molar-refractivity contribution in [3.8, 4) is 0 Å². The van der Waals surface area contributed by atoms with Crippen LogP contribution >= 0.6 is 11.6 Å². The molecule has 2 nitrogen and oxygen atoms in total. The lowest BCUT2D eigenvalue weighted by Gasteiger charge is -2.02. The Balaban J connectivity index is 3.08. The van der Waals surface area contributed by atoms with E-state index in [1.54, 1.807) is 13.0 Å². The molecule has 0 atom stereocenters. The molecule has 0 unspecified atom stereocenters. The molecule has 0 amide bonds. The number of hydrogen-bond acceptors (Lipinski definition) is 1. The van der Waals surface area contributed by atoms with Crippen molar-refractivity contribution >= 4 is 22.4 Å². The first kappa shape index (κ1) is 9.21. The first-order chi connectivity index (χ1) is 6.59. The quantitative estimate of drug-likeness (QED) is 0.714. The first-order valence-electron chi connectivity index (χ1n) is 4.07. The van der Waals surface area contributed by atoms with Gasteiger partial charge in [0, 0.05) is 11.1 Å². The van der Waals surface area contributed by atoms with Gasteiger partial charge in [-0.2, -0.15) is 0 Å². The van der Waals surface area contributed by atoms with Gasteiger partial charge < -0.3 is 4.98 Å². The molecule has 0 spiro atoms. The van der Waals surface area contributed by atoms with Gasteiger partial charge in [-0.1, -0.05) is 11.6 Å². The molecule has 0 saturated carbocycles. The molecule has 0 fully saturated rings. The van der Waals surface area contributed by atoms with E-state index in [0.717, 1.165) is 0 Å². The Morgan fingerprint density at radius 3 is 2.86 bits per heavy atom. The third kappa shape index (κ3) is 1.30. The molecule has 0 saturated heterocycles. The van der Waals surface area contributed by atoms with Crippen molar-refractivity contribution < 1.29 is 4.39 Å². The van der Waals surface area contributed by atoms with Crippen LogP contribution in [0.5, 0.6) is 0 Å². The van der Waals surface area contributed by atoms with E-state index in [2.05, 4.69) is 4.98 Å². The molecule has 72 valence electrons. The second-order valence-electron chi connectivity index (χ2n) is 3.10. The number of pyridine rings is 1. The van der Waals surface area contributed by atoms with Crippen LogP contribution in [0.2, 0.25) is 5.02 Å². The van der Waals surface area contributed by atoms with E-state index in [9.17, 15) is 9.18 Å². The molecular formula is C10H7ClFNO. The van der Waals surface area contributed by atoms with E-state index in [1.165, 1.54) is 12.1 Å². The van der Waals surface area contributed by atoms with Crippen LogP contribution in [0.1, 0.15) is 5.69 Å². The molecule has 4 heteroatoms. The summed E-state index contributed by atoms with van der Waals surface area (Å²) in [6, 6.07) is 4.20. The molecule has 0 bridgehead atoms. The van der Waals surface area contributed by atoms with Crippen LogP contribution in [0, 0.1) is 12.7 Å². The van der Waals surface area contributed by atoms with Gasteiger partial charge in [-0.25, -0.2) is 4.39 Å². The molecule has 1 aromatic carbocycles. The number of H-pyrrole nitrogens is 1. The van der Waals surface area contributed by atoms with E-state index in [4.69, 9.17) is 11.6 Å². The maximum atomic E-state index is 13.3. The van der Waals surface area contributed by atoms with E-state index < -0.39 is 5.82 Å². The average Bonchev–Trinajstić information content (AvgIpc) is 2.10. The number of aromatic nitrogens is 1. The molecule has 0 aliphatic rings. The molecule has 2 aromatic rings. The van der Waals surface area contributed by atoms with E-state index in [0.29, 0.717) is 5.69 Å². The second kappa shape index (κ2) is 3.10. The van der Waals surface area contributed by atoms with Gasteiger partial charge in [0.25, 0.3) is 5.56 Å². The molecular weight excluding hydrogens is 205 g/mol. The summed E-state index contributed by atoms with van der Waals surface area (Å²) in [5.41, 5.74) is 0.258. The zero-order chi connectivity index (χ0) is 10.3. The Morgan fingerprint density at radius 1 is 1.43 bits per heavy atom. The van der Waals surface area contributed by atoms with Crippen molar-refractivity contribution in [3.05, 3.63) is 45.1 Å². The largest absolute Gasteiger partial charge is 0.326 e. The monoisotopic (exact) mass is 211 g/mol.